The zero-order chi connectivity index (χ0) is 31.9. The first-order valence-electron chi connectivity index (χ1n) is 15.4. The van der Waals surface area contributed by atoms with Gasteiger partial charge in [0.25, 0.3) is 0 Å². The van der Waals surface area contributed by atoms with Gasteiger partial charge < -0.3 is 39.0 Å². The molecule has 3 N–H and O–H groups in total. The number of hydrogen-bond acceptors (Lipinski definition) is 12. The molecule has 0 amide bonds. The highest BCUT2D eigenvalue weighted by Crippen LogP contribution is 2.53. The molecule has 5 aliphatic rings. The molecule has 240 valence electrons. The number of nitrogens with zero attached hydrogens (tertiary/aromatic N) is 1. The first-order chi connectivity index (χ1) is 21.5. The average molecular weight is 624 g/mol. The van der Waals surface area contributed by atoms with Crippen LogP contribution in [0.1, 0.15) is 89.1 Å². The molecule has 0 unspecified atom stereocenters. The minimum absolute atomic E-state index is 0.0107. The number of fused-ring (bicyclic) bond motifs is 6. The number of hydrogen-bond donors (Lipinski definition) is 3. The molecule has 0 bridgehead atoms. The highest BCUT2D eigenvalue weighted by atomic mass is 16.7. The number of carbonyl (C=O) groups is 3. The quantitative estimate of drug-likeness (QED) is 0.357. The van der Waals surface area contributed by atoms with Gasteiger partial charge in [0.2, 0.25) is 5.78 Å². The van der Waals surface area contributed by atoms with E-state index in [0.29, 0.717) is 19.6 Å². The molecule has 2 aromatic carbocycles. The Morgan fingerprint density at radius 2 is 1.87 bits per heavy atom. The molecular weight excluding hydrogens is 586 g/mol. The molecule has 12 heteroatoms. The Labute approximate surface area is 259 Å². The standard InChI is InChI=1S/C33H37NO11/c1-5-19-32-34(9-10-42-19)18-11-22(43-14(2)31(18)45-32)44-21-13-33(40,15(3)35)12-17-24(21)30(39)26-25(28(17)37)27(36)16-7-6-8-20(41-4)23(16)29(26)38/h6-8,14,18-19,21-22,31-32,37,39-40H,5,9-13H2,1-4H3/t14-,18-,19+,21-,22-,31+,32+,33-/m0/s1. The molecule has 45 heavy (non-hydrogen) atoms. The molecule has 2 aliphatic carbocycles. The van der Waals surface area contributed by atoms with Gasteiger partial charge in [-0.1, -0.05) is 19.1 Å². The number of ether oxygens (including phenoxy) is 5. The fourth-order valence-corrected chi connectivity index (χ4v) is 7.85. The summed E-state index contributed by atoms with van der Waals surface area (Å²) in [6, 6.07) is 4.48. The van der Waals surface area contributed by atoms with Crippen LogP contribution in [0.4, 0.5) is 0 Å². The summed E-state index contributed by atoms with van der Waals surface area (Å²) < 4.78 is 30.4. The number of phenols is 2. The Bertz CT molecular complexity index is 1610. The average Bonchev–Trinajstić information content (AvgIpc) is 3.40. The zero-order valence-electron chi connectivity index (χ0n) is 25.6. The van der Waals surface area contributed by atoms with Crippen LogP contribution in [-0.2, 0) is 30.2 Å². The third-order valence-electron chi connectivity index (χ3n) is 10.1. The summed E-state index contributed by atoms with van der Waals surface area (Å²) in [5, 5.41) is 34.8. The normalized spacial score (nSPS) is 33.9. The van der Waals surface area contributed by atoms with Gasteiger partial charge in [-0.15, -0.1) is 0 Å². The number of carbonyl (C=O) groups excluding carboxylic acids is 3. The van der Waals surface area contributed by atoms with Crippen molar-refractivity contribution in [2.24, 2.45) is 0 Å². The molecule has 0 saturated carbocycles. The van der Waals surface area contributed by atoms with Gasteiger partial charge in [0.15, 0.2) is 17.9 Å². The summed E-state index contributed by atoms with van der Waals surface area (Å²) in [7, 11) is 1.37. The number of rotatable bonds is 5. The van der Waals surface area contributed by atoms with Crippen LogP contribution in [-0.4, -0.2) is 100 Å². The number of methoxy groups -OCH3 is 1. The van der Waals surface area contributed by atoms with Crippen LogP contribution >= 0.6 is 0 Å². The summed E-state index contributed by atoms with van der Waals surface area (Å²) in [5.74, 6) is -2.94. The number of phenolic OH excluding ortho intramolecular Hbond substituents is 2. The number of morpholine rings is 1. The summed E-state index contributed by atoms with van der Waals surface area (Å²) in [6.07, 6.45) is -2.34. The summed E-state index contributed by atoms with van der Waals surface area (Å²) in [6.45, 7) is 6.43. The Kier molecular flexibility index (Phi) is 7.30. The first kappa shape index (κ1) is 30.3. The van der Waals surface area contributed by atoms with E-state index < -0.39 is 46.8 Å². The molecule has 3 fully saturated rings. The Morgan fingerprint density at radius 1 is 1.11 bits per heavy atom. The lowest BCUT2D eigenvalue weighted by molar-refractivity contribution is -0.247. The minimum atomic E-state index is -1.97. The molecule has 8 atom stereocenters. The highest BCUT2D eigenvalue weighted by molar-refractivity contribution is 6.31. The summed E-state index contributed by atoms with van der Waals surface area (Å²) >= 11 is 0. The molecule has 7 rings (SSSR count). The third-order valence-corrected chi connectivity index (χ3v) is 10.1. The lowest BCUT2D eigenvalue weighted by atomic mass is 9.72. The van der Waals surface area contributed by atoms with Gasteiger partial charge in [0.05, 0.1) is 48.7 Å². The SMILES string of the molecule is CC[C@H]1OCCN2[C@@H]1O[C@@H]1[C@H](C)O[C@@H](O[C@H]3C[C@](O)(C(C)=O)Cc4c(O)c5c(c(O)c43)C(=O)c3c(OC)cccc3C5=O)C[C@@H]12. The van der Waals surface area contributed by atoms with Gasteiger partial charge >= 0.3 is 0 Å². The van der Waals surface area contributed by atoms with Gasteiger partial charge in [-0.2, -0.15) is 0 Å². The molecule has 3 aliphatic heterocycles. The van der Waals surface area contributed by atoms with Crippen molar-refractivity contribution in [2.75, 3.05) is 20.3 Å². The van der Waals surface area contributed by atoms with Crippen molar-refractivity contribution < 1.29 is 53.4 Å². The van der Waals surface area contributed by atoms with Crippen LogP contribution in [0.5, 0.6) is 17.2 Å². The summed E-state index contributed by atoms with van der Waals surface area (Å²) in [5.41, 5.74) is -2.74. The number of ketones is 3. The first-order valence-corrected chi connectivity index (χ1v) is 15.4. The fourth-order valence-electron chi connectivity index (χ4n) is 7.85. The maximum absolute atomic E-state index is 13.9. The van der Waals surface area contributed by atoms with Crippen LogP contribution in [0.3, 0.4) is 0 Å². The van der Waals surface area contributed by atoms with Crippen molar-refractivity contribution in [1.29, 1.82) is 0 Å². The van der Waals surface area contributed by atoms with E-state index >= 15 is 0 Å². The van der Waals surface area contributed by atoms with E-state index in [-0.39, 0.29) is 82.6 Å². The van der Waals surface area contributed by atoms with E-state index in [1.165, 1.54) is 26.2 Å². The van der Waals surface area contributed by atoms with E-state index in [1.807, 2.05) is 6.92 Å². The van der Waals surface area contributed by atoms with Crippen molar-refractivity contribution in [3.8, 4) is 17.2 Å². The van der Waals surface area contributed by atoms with Gasteiger partial charge in [0.1, 0.15) is 35.2 Å². The maximum atomic E-state index is 13.9. The molecular formula is C33H37NO11. The third kappa shape index (κ3) is 4.45. The second-order valence-corrected chi connectivity index (χ2v) is 12.6. The largest absolute Gasteiger partial charge is 0.507 e. The Morgan fingerprint density at radius 3 is 2.58 bits per heavy atom. The monoisotopic (exact) mass is 623 g/mol. The van der Waals surface area contributed by atoms with E-state index in [9.17, 15) is 29.7 Å². The number of benzene rings is 2. The van der Waals surface area contributed by atoms with Crippen LogP contribution in [0.15, 0.2) is 18.2 Å². The van der Waals surface area contributed by atoms with Crippen molar-refractivity contribution in [3.05, 3.63) is 51.6 Å². The van der Waals surface area contributed by atoms with Gasteiger partial charge in [-0.25, -0.2) is 0 Å². The highest BCUT2D eigenvalue weighted by Gasteiger charge is 2.54. The molecule has 3 heterocycles. The van der Waals surface area contributed by atoms with Gasteiger partial charge in [-0.05, 0) is 26.3 Å². The van der Waals surface area contributed by atoms with Crippen LogP contribution in [0.2, 0.25) is 0 Å². The van der Waals surface area contributed by atoms with Crippen LogP contribution in [0.25, 0.3) is 0 Å². The fraction of sp³-hybridized carbons (Fsp3) is 0.545. The van der Waals surface area contributed by atoms with Crippen molar-refractivity contribution in [1.82, 2.24) is 4.90 Å². The Hall–Kier alpha value is -3.39. The topological polar surface area (TPSA) is 161 Å². The predicted octanol–water partition coefficient (Wildman–Crippen LogP) is 2.55. The second kappa shape index (κ2) is 10.9. The lowest BCUT2D eigenvalue weighted by Crippen LogP contribution is -2.54. The number of aliphatic hydroxyl groups is 1. The number of Topliss-reactive ketones (excluding diaryl/α,β-unsaturated/α-hetero) is 1. The minimum Gasteiger partial charge on any atom is -0.507 e. The van der Waals surface area contributed by atoms with Crippen LogP contribution < -0.4 is 4.74 Å². The van der Waals surface area contributed by atoms with Gasteiger partial charge in [-0.3, -0.25) is 19.3 Å². The molecule has 0 aromatic heterocycles. The van der Waals surface area contributed by atoms with E-state index in [0.717, 1.165) is 6.42 Å². The predicted molar refractivity (Wildman–Crippen MR) is 156 cm³/mol. The number of aromatic hydroxyl groups is 2. The van der Waals surface area contributed by atoms with E-state index in [2.05, 4.69) is 11.8 Å². The molecule has 2 aromatic rings. The lowest BCUT2D eigenvalue weighted by Gasteiger charge is -2.43. The molecule has 0 radical (unpaired) electrons. The van der Waals surface area contributed by atoms with E-state index in [1.54, 1.807) is 6.07 Å². The van der Waals surface area contributed by atoms with Gasteiger partial charge in [0, 0.05) is 48.5 Å². The van der Waals surface area contributed by atoms with Crippen molar-refractivity contribution in [3.63, 3.8) is 0 Å². The Balaban J connectivity index is 1.29. The van der Waals surface area contributed by atoms with Crippen LogP contribution in [0, 0.1) is 0 Å². The van der Waals surface area contributed by atoms with E-state index in [4.69, 9.17) is 23.7 Å². The molecule has 12 nitrogen and oxygen atoms in total. The molecule has 3 saturated heterocycles. The zero-order valence-corrected chi connectivity index (χ0v) is 25.6. The van der Waals surface area contributed by atoms with Crippen molar-refractivity contribution in [2.45, 2.75) is 95.0 Å². The second-order valence-electron chi connectivity index (χ2n) is 12.6. The molecule has 0 spiro atoms. The van der Waals surface area contributed by atoms with Crippen molar-refractivity contribution >= 4 is 17.3 Å². The smallest absolute Gasteiger partial charge is 0.202 e. The summed E-state index contributed by atoms with van der Waals surface area (Å²) in [4.78, 5) is 42.6. The maximum Gasteiger partial charge on any atom is 0.202 e.